The Morgan fingerprint density at radius 3 is 3.06 bits per heavy atom. The van der Waals surface area contributed by atoms with Gasteiger partial charge in [-0.3, -0.25) is 9.69 Å². The first kappa shape index (κ1) is 12.9. The van der Waals surface area contributed by atoms with Gasteiger partial charge in [-0.15, -0.1) is 0 Å². The van der Waals surface area contributed by atoms with Crippen LogP contribution in [0.4, 0.5) is 0 Å². The largest absolute Gasteiger partial charge is 0.481 e. The molecular formula is C12H17N3O3. The Hall–Kier alpha value is -1.53. The van der Waals surface area contributed by atoms with Crippen LogP contribution in [0.25, 0.3) is 0 Å². The van der Waals surface area contributed by atoms with Gasteiger partial charge in [0, 0.05) is 18.8 Å². The van der Waals surface area contributed by atoms with Crippen molar-refractivity contribution in [3.05, 3.63) is 24.3 Å². The molecule has 6 heteroatoms. The Balaban J connectivity index is 2.06. The number of carbonyl (C=O) groups is 1. The zero-order valence-corrected chi connectivity index (χ0v) is 10.3. The highest BCUT2D eigenvalue weighted by Crippen LogP contribution is 2.21. The van der Waals surface area contributed by atoms with E-state index in [4.69, 9.17) is 9.84 Å². The highest BCUT2D eigenvalue weighted by atomic mass is 16.5. The molecular weight excluding hydrogens is 234 g/mol. The molecule has 1 fully saturated rings. The van der Waals surface area contributed by atoms with E-state index in [-0.39, 0.29) is 6.04 Å². The van der Waals surface area contributed by atoms with E-state index in [2.05, 4.69) is 14.9 Å². The van der Waals surface area contributed by atoms with Crippen molar-refractivity contribution in [2.24, 2.45) is 5.92 Å². The van der Waals surface area contributed by atoms with Gasteiger partial charge in [0.1, 0.15) is 6.33 Å². The van der Waals surface area contributed by atoms with E-state index in [1.807, 2.05) is 13.0 Å². The predicted octanol–water partition coefficient (Wildman–Crippen LogP) is 0.398. The highest BCUT2D eigenvalue weighted by molar-refractivity contribution is 5.71. The van der Waals surface area contributed by atoms with Crippen molar-refractivity contribution >= 4 is 5.97 Å². The second-order valence-electron chi connectivity index (χ2n) is 4.31. The first-order chi connectivity index (χ1) is 8.72. The third-order valence-electron chi connectivity index (χ3n) is 3.25. The zero-order valence-electron chi connectivity index (χ0n) is 10.3. The SMILES string of the molecule is CCN(Cc1ccncn1)C1COCC1C(=O)O. The van der Waals surface area contributed by atoms with Gasteiger partial charge in [0.2, 0.25) is 0 Å². The standard InChI is InChI=1S/C12H17N3O3/c1-2-15(5-9-3-4-13-8-14-9)11-7-18-6-10(11)12(16)17/h3-4,8,10-11H,2,5-7H2,1H3,(H,16,17). The molecule has 1 saturated heterocycles. The lowest BCUT2D eigenvalue weighted by molar-refractivity contribution is -0.143. The summed E-state index contributed by atoms with van der Waals surface area (Å²) in [5, 5.41) is 9.16. The lowest BCUT2D eigenvalue weighted by Gasteiger charge is -2.28. The summed E-state index contributed by atoms with van der Waals surface area (Å²) in [7, 11) is 0. The van der Waals surface area contributed by atoms with Gasteiger partial charge in [0.05, 0.1) is 24.8 Å². The zero-order chi connectivity index (χ0) is 13.0. The fourth-order valence-corrected chi connectivity index (χ4v) is 2.22. The third kappa shape index (κ3) is 2.83. The second-order valence-corrected chi connectivity index (χ2v) is 4.31. The quantitative estimate of drug-likeness (QED) is 0.816. The van der Waals surface area contributed by atoms with E-state index in [1.54, 1.807) is 6.20 Å². The molecule has 1 aromatic heterocycles. The molecule has 1 aliphatic rings. The smallest absolute Gasteiger partial charge is 0.310 e. The fraction of sp³-hybridized carbons (Fsp3) is 0.583. The molecule has 1 aliphatic heterocycles. The summed E-state index contributed by atoms with van der Waals surface area (Å²) in [5.41, 5.74) is 0.892. The first-order valence-corrected chi connectivity index (χ1v) is 6.02. The molecule has 2 unspecified atom stereocenters. The van der Waals surface area contributed by atoms with Crippen LogP contribution in [0.1, 0.15) is 12.6 Å². The van der Waals surface area contributed by atoms with E-state index < -0.39 is 11.9 Å². The third-order valence-corrected chi connectivity index (χ3v) is 3.25. The Morgan fingerprint density at radius 1 is 1.61 bits per heavy atom. The summed E-state index contributed by atoms with van der Waals surface area (Å²) in [4.78, 5) is 21.3. The molecule has 1 N–H and O–H groups in total. The molecule has 18 heavy (non-hydrogen) atoms. The summed E-state index contributed by atoms with van der Waals surface area (Å²) in [6, 6.07) is 1.76. The molecule has 2 heterocycles. The van der Waals surface area contributed by atoms with Gasteiger partial charge in [-0.25, -0.2) is 9.97 Å². The Kier molecular flexibility index (Phi) is 4.22. The molecule has 0 aliphatic carbocycles. The van der Waals surface area contributed by atoms with E-state index in [9.17, 15) is 4.79 Å². The number of hydrogen-bond acceptors (Lipinski definition) is 5. The highest BCUT2D eigenvalue weighted by Gasteiger charge is 2.37. The van der Waals surface area contributed by atoms with Crippen molar-refractivity contribution in [1.82, 2.24) is 14.9 Å². The van der Waals surface area contributed by atoms with Gasteiger partial charge in [0.25, 0.3) is 0 Å². The molecule has 0 spiro atoms. The summed E-state index contributed by atoms with van der Waals surface area (Å²) in [6.45, 7) is 4.16. The minimum absolute atomic E-state index is 0.0811. The predicted molar refractivity (Wildman–Crippen MR) is 63.8 cm³/mol. The molecule has 2 rings (SSSR count). The Bertz CT molecular complexity index is 399. The number of aliphatic carboxylic acids is 1. The number of carboxylic acids is 1. The van der Waals surface area contributed by atoms with Crippen LogP contribution < -0.4 is 0 Å². The van der Waals surface area contributed by atoms with E-state index in [1.165, 1.54) is 6.33 Å². The van der Waals surface area contributed by atoms with Gasteiger partial charge >= 0.3 is 5.97 Å². The van der Waals surface area contributed by atoms with Crippen molar-refractivity contribution in [1.29, 1.82) is 0 Å². The van der Waals surface area contributed by atoms with Crippen LogP contribution in [-0.4, -0.2) is 51.7 Å². The number of ether oxygens (including phenoxy) is 1. The molecule has 2 atom stereocenters. The van der Waals surface area contributed by atoms with E-state index in [0.29, 0.717) is 19.8 Å². The minimum atomic E-state index is -0.793. The van der Waals surface area contributed by atoms with Crippen LogP contribution in [0.5, 0.6) is 0 Å². The fourth-order valence-electron chi connectivity index (χ4n) is 2.22. The van der Waals surface area contributed by atoms with Crippen LogP contribution in [0.3, 0.4) is 0 Å². The maximum absolute atomic E-state index is 11.2. The number of aromatic nitrogens is 2. The van der Waals surface area contributed by atoms with Gasteiger partial charge in [-0.2, -0.15) is 0 Å². The molecule has 0 amide bonds. The number of hydrogen-bond donors (Lipinski definition) is 1. The molecule has 0 bridgehead atoms. The van der Waals surface area contributed by atoms with Crippen LogP contribution >= 0.6 is 0 Å². The van der Waals surface area contributed by atoms with Crippen molar-refractivity contribution in [2.75, 3.05) is 19.8 Å². The maximum Gasteiger partial charge on any atom is 0.310 e. The summed E-state index contributed by atoms with van der Waals surface area (Å²) in [5.74, 6) is -1.24. The maximum atomic E-state index is 11.2. The molecule has 6 nitrogen and oxygen atoms in total. The topological polar surface area (TPSA) is 75.5 Å². The van der Waals surface area contributed by atoms with Crippen molar-refractivity contribution in [3.8, 4) is 0 Å². The summed E-state index contributed by atoms with van der Waals surface area (Å²) >= 11 is 0. The van der Waals surface area contributed by atoms with Gasteiger partial charge < -0.3 is 9.84 Å². The summed E-state index contributed by atoms with van der Waals surface area (Å²) in [6.07, 6.45) is 3.19. The molecule has 0 radical (unpaired) electrons. The van der Waals surface area contributed by atoms with Gasteiger partial charge in [0.15, 0.2) is 0 Å². The van der Waals surface area contributed by atoms with Crippen molar-refractivity contribution in [2.45, 2.75) is 19.5 Å². The minimum Gasteiger partial charge on any atom is -0.481 e. The molecule has 0 aromatic carbocycles. The number of likely N-dealkylation sites (N-methyl/N-ethyl adjacent to an activating group) is 1. The van der Waals surface area contributed by atoms with E-state index >= 15 is 0 Å². The number of nitrogens with zero attached hydrogens (tertiary/aromatic N) is 3. The molecule has 0 saturated carbocycles. The number of rotatable bonds is 5. The first-order valence-electron chi connectivity index (χ1n) is 6.02. The molecule has 98 valence electrons. The normalized spacial score (nSPS) is 23.4. The summed E-state index contributed by atoms with van der Waals surface area (Å²) < 4.78 is 5.30. The van der Waals surface area contributed by atoms with Crippen LogP contribution in [0.2, 0.25) is 0 Å². The van der Waals surface area contributed by atoms with Crippen LogP contribution in [-0.2, 0) is 16.1 Å². The molecule has 1 aromatic rings. The van der Waals surface area contributed by atoms with Crippen molar-refractivity contribution in [3.63, 3.8) is 0 Å². The Morgan fingerprint density at radius 2 is 2.44 bits per heavy atom. The number of carboxylic acid groups (broad SMARTS) is 1. The lowest BCUT2D eigenvalue weighted by Crippen LogP contribution is -2.42. The monoisotopic (exact) mass is 251 g/mol. The van der Waals surface area contributed by atoms with Gasteiger partial charge in [-0.05, 0) is 12.6 Å². The van der Waals surface area contributed by atoms with Crippen LogP contribution in [0, 0.1) is 5.92 Å². The average Bonchev–Trinajstić information content (AvgIpc) is 2.86. The second kappa shape index (κ2) is 5.88. The van der Waals surface area contributed by atoms with E-state index in [0.717, 1.165) is 12.2 Å². The van der Waals surface area contributed by atoms with Crippen molar-refractivity contribution < 1.29 is 14.6 Å². The Labute approximate surface area is 106 Å². The lowest BCUT2D eigenvalue weighted by atomic mass is 10.0. The van der Waals surface area contributed by atoms with Crippen LogP contribution in [0.15, 0.2) is 18.6 Å². The average molecular weight is 251 g/mol. The van der Waals surface area contributed by atoms with Gasteiger partial charge in [-0.1, -0.05) is 6.92 Å².